The van der Waals surface area contributed by atoms with Crippen molar-refractivity contribution in [3.05, 3.63) is 0 Å². The van der Waals surface area contributed by atoms with E-state index in [1.54, 1.807) is 13.8 Å². The molecular formula is C11H18N2O5. The zero-order chi connectivity index (χ0) is 13.9. The first-order chi connectivity index (χ1) is 8.40. The number of hydrogen-bond acceptors (Lipinski definition) is 5. The molecule has 7 heteroatoms. The van der Waals surface area contributed by atoms with E-state index >= 15 is 0 Å². The fourth-order valence-electron chi connectivity index (χ4n) is 2.09. The first-order valence-electron chi connectivity index (χ1n) is 5.85. The van der Waals surface area contributed by atoms with Gasteiger partial charge in [-0.2, -0.15) is 0 Å². The number of carbonyl (C=O) groups excluding carboxylic acids is 2. The number of likely N-dealkylation sites (tertiary alicyclic amines) is 1. The molecule has 1 heterocycles. The van der Waals surface area contributed by atoms with Crippen molar-refractivity contribution in [3.63, 3.8) is 0 Å². The fraction of sp³-hybridized carbons (Fsp3) is 0.727. The lowest BCUT2D eigenvalue weighted by Crippen LogP contribution is -2.50. The maximum atomic E-state index is 11.9. The van der Waals surface area contributed by atoms with Crippen molar-refractivity contribution < 1.29 is 24.2 Å². The molecule has 1 aliphatic rings. The highest BCUT2D eigenvalue weighted by molar-refractivity contribution is 6.02. The van der Waals surface area contributed by atoms with Crippen LogP contribution in [0.15, 0.2) is 0 Å². The quantitative estimate of drug-likeness (QED) is 0.504. The van der Waals surface area contributed by atoms with Crippen LogP contribution in [0, 0.1) is 5.92 Å². The second-order valence-electron chi connectivity index (χ2n) is 4.24. The van der Waals surface area contributed by atoms with Crippen LogP contribution in [-0.2, 0) is 19.1 Å². The van der Waals surface area contributed by atoms with Gasteiger partial charge in [0.15, 0.2) is 6.04 Å². The Bertz CT molecular complexity index is 357. The predicted octanol–water partition coefficient (Wildman–Crippen LogP) is -0.802. The maximum Gasteiger partial charge on any atom is 0.332 e. The third-order valence-electron chi connectivity index (χ3n) is 3.16. The molecule has 3 N–H and O–H groups in total. The van der Waals surface area contributed by atoms with E-state index in [4.69, 9.17) is 10.8 Å². The summed E-state index contributed by atoms with van der Waals surface area (Å²) in [4.78, 5) is 35.6. The lowest BCUT2D eigenvalue weighted by atomic mass is 10.0. The van der Waals surface area contributed by atoms with Crippen LogP contribution in [-0.4, -0.2) is 53.1 Å². The molecule has 1 saturated heterocycles. The number of aliphatic carboxylic acids is 1. The van der Waals surface area contributed by atoms with Crippen molar-refractivity contribution in [2.24, 2.45) is 11.7 Å². The van der Waals surface area contributed by atoms with Crippen molar-refractivity contribution in [1.29, 1.82) is 0 Å². The van der Waals surface area contributed by atoms with Gasteiger partial charge >= 0.3 is 11.9 Å². The van der Waals surface area contributed by atoms with E-state index in [1.807, 2.05) is 0 Å². The fourth-order valence-corrected chi connectivity index (χ4v) is 2.09. The van der Waals surface area contributed by atoms with E-state index < -0.39 is 35.8 Å². The highest BCUT2D eigenvalue weighted by Gasteiger charge is 2.41. The van der Waals surface area contributed by atoms with E-state index in [0.29, 0.717) is 13.0 Å². The summed E-state index contributed by atoms with van der Waals surface area (Å²) in [5.74, 6) is -2.91. The highest BCUT2D eigenvalue weighted by atomic mass is 16.5. The number of carbonyl (C=O) groups is 3. The Balaban J connectivity index is 2.68. The Hall–Kier alpha value is -1.63. The van der Waals surface area contributed by atoms with Crippen molar-refractivity contribution in [2.75, 3.05) is 13.2 Å². The number of carboxylic acids is 1. The van der Waals surface area contributed by atoms with Gasteiger partial charge in [-0.05, 0) is 20.3 Å². The van der Waals surface area contributed by atoms with E-state index in [1.165, 1.54) is 4.90 Å². The summed E-state index contributed by atoms with van der Waals surface area (Å²) in [6, 6.07) is -1.84. The third kappa shape index (κ3) is 2.79. The van der Waals surface area contributed by atoms with Gasteiger partial charge in [-0.1, -0.05) is 0 Å². The average Bonchev–Trinajstić information content (AvgIpc) is 2.69. The van der Waals surface area contributed by atoms with Crippen LogP contribution in [0.25, 0.3) is 0 Å². The van der Waals surface area contributed by atoms with Gasteiger partial charge in [-0.25, -0.2) is 4.79 Å². The number of carboxylic acid groups (broad SMARTS) is 1. The summed E-state index contributed by atoms with van der Waals surface area (Å²) in [6.45, 7) is 3.70. The van der Waals surface area contributed by atoms with Crippen LogP contribution >= 0.6 is 0 Å². The average molecular weight is 258 g/mol. The number of nitrogens with two attached hydrogens (primary N) is 1. The number of rotatable bonds is 4. The van der Waals surface area contributed by atoms with Crippen LogP contribution in [0.2, 0.25) is 0 Å². The SMILES string of the molecule is CCOC(=O)C(N)C(=O)N1CCC(C(=O)O)C1C. The molecule has 1 amide bonds. The second-order valence-corrected chi connectivity index (χ2v) is 4.24. The molecule has 1 fully saturated rings. The number of amides is 1. The zero-order valence-corrected chi connectivity index (χ0v) is 10.5. The van der Waals surface area contributed by atoms with Crippen LogP contribution in [0.4, 0.5) is 0 Å². The molecule has 1 rings (SSSR count). The van der Waals surface area contributed by atoms with E-state index in [0.717, 1.165) is 0 Å². The molecule has 3 unspecified atom stereocenters. The molecule has 7 nitrogen and oxygen atoms in total. The first kappa shape index (κ1) is 14.4. The minimum atomic E-state index is -1.38. The van der Waals surface area contributed by atoms with Crippen molar-refractivity contribution >= 4 is 17.8 Å². The Labute approximate surface area is 105 Å². The number of ether oxygens (including phenoxy) is 1. The van der Waals surface area contributed by atoms with E-state index in [2.05, 4.69) is 4.74 Å². The zero-order valence-electron chi connectivity index (χ0n) is 10.5. The van der Waals surface area contributed by atoms with Crippen LogP contribution in [0.1, 0.15) is 20.3 Å². The molecule has 0 aliphatic carbocycles. The Morgan fingerprint density at radius 1 is 1.50 bits per heavy atom. The molecule has 0 aromatic rings. The molecule has 102 valence electrons. The highest BCUT2D eigenvalue weighted by Crippen LogP contribution is 2.24. The molecule has 0 saturated carbocycles. The molecule has 3 atom stereocenters. The van der Waals surface area contributed by atoms with Gasteiger partial charge in [0.25, 0.3) is 5.91 Å². The Morgan fingerprint density at radius 2 is 2.11 bits per heavy atom. The van der Waals surface area contributed by atoms with E-state index in [-0.39, 0.29) is 6.61 Å². The largest absolute Gasteiger partial charge is 0.481 e. The first-order valence-corrected chi connectivity index (χ1v) is 5.85. The monoisotopic (exact) mass is 258 g/mol. The van der Waals surface area contributed by atoms with Gasteiger partial charge < -0.3 is 20.5 Å². The van der Waals surface area contributed by atoms with Gasteiger partial charge in [0.2, 0.25) is 0 Å². The minimum Gasteiger partial charge on any atom is -0.481 e. The molecule has 1 aliphatic heterocycles. The normalized spacial score (nSPS) is 24.7. The number of nitrogens with zero attached hydrogens (tertiary/aromatic N) is 1. The molecule has 0 bridgehead atoms. The van der Waals surface area contributed by atoms with E-state index in [9.17, 15) is 14.4 Å². The lowest BCUT2D eigenvalue weighted by Gasteiger charge is -2.25. The number of esters is 1. The topological polar surface area (TPSA) is 110 Å². The summed E-state index contributed by atoms with van der Waals surface area (Å²) in [5, 5.41) is 8.95. The van der Waals surface area contributed by atoms with Crippen molar-refractivity contribution in [3.8, 4) is 0 Å². The summed E-state index contributed by atoms with van der Waals surface area (Å²) in [6.07, 6.45) is 0.373. The molecule has 0 aromatic carbocycles. The summed E-state index contributed by atoms with van der Waals surface area (Å²) in [7, 11) is 0. The molecule has 0 radical (unpaired) electrons. The second kappa shape index (κ2) is 5.81. The van der Waals surface area contributed by atoms with Crippen LogP contribution < -0.4 is 5.73 Å². The molecule has 18 heavy (non-hydrogen) atoms. The molecule has 0 spiro atoms. The van der Waals surface area contributed by atoms with Gasteiger partial charge in [-0.15, -0.1) is 0 Å². The Kier molecular flexibility index (Phi) is 4.66. The predicted molar refractivity (Wildman–Crippen MR) is 61.5 cm³/mol. The van der Waals surface area contributed by atoms with Gasteiger partial charge in [0.1, 0.15) is 0 Å². The summed E-state index contributed by atoms with van der Waals surface area (Å²) in [5.41, 5.74) is 5.50. The van der Waals surface area contributed by atoms with Crippen LogP contribution in [0.3, 0.4) is 0 Å². The molecular weight excluding hydrogens is 240 g/mol. The maximum absolute atomic E-state index is 11.9. The summed E-state index contributed by atoms with van der Waals surface area (Å²) >= 11 is 0. The standard InChI is InChI=1S/C11H18N2O5/c1-3-18-11(17)8(12)9(14)13-5-4-7(6(13)2)10(15)16/h6-8H,3-5,12H2,1-2H3,(H,15,16). The van der Waals surface area contributed by atoms with Gasteiger partial charge in [-0.3, -0.25) is 9.59 Å². The molecule has 0 aromatic heterocycles. The smallest absolute Gasteiger partial charge is 0.332 e. The van der Waals surface area contributed by atoms with Crippen LogP contribution in [0.5, 0.6) is 0 Å². The third-order valence-corrected chi connectivity index (χ3v) is 3.16. The number of hydrogen-bond donors (Lipinski definition) is 2. The van der Waals surface area contributed by atoms with Gasteiger partial charge in [0, 0.05) is 12.6 Å². The Morgan fingerprint density at radius 3 is 2.56 bits per heavy atom. The minimum absolute atomic E-state index is 0.146. The van der Waals surface area contributed by atoms with Gasteiger partial charge in [0.05, 0.1) is 12.5 Å². The van der Waals surface area contributed by atoms with Crippen molar-refractivity contribution in [1.82, 2.24) is 4.90 Å². The lowest BCUT2D eigenvalue weighted by molar-refractivity contribution is -0.151. The van der Waals surface area contributed by atoms with Crippen molar-refractivity contribution in [2.45, 2.75) is 32.4 Å². The summed E-state index contributed by atoms with van der Waals surface area (Å²) < 4.78 is 4.67.